The number of halogens is 2. The molecule has 0 radical (unpaired) electrons. The molecule has 1 aromatic carbocycles. The fraction of sp³-hybridized carbons (Fsp3) is 0.632. The SMILES string of the molecule is CCNC(=NCCC(OCC)C(C)C)NCCS(=O)(=O)c1ccccc1F.I. The van der Waals surface area contributed by atoms with Crippen molar-refractivity contribution in [2.75, 3.05) is 32.0 Å². The van der Waals surface area contributed by atoms with Crippen molar-refractivity contribution in [2.45, 2.75) is 45.1 Å². The predicted octanol–water partition coefficient (Wildman–Crippen LogP) is 3.22. The lowest BCUT2D eigenvalue weighted by Gasteiger charge is -2.20. The number of aliphatic imine (C=N–C) groups is 1. The molecule has 0 fully saturated rings. The molecule has 0 aliphatic heterocycles. The topological polar surface area (TPSA) is 79.8 Å². The Bertz CT molecular complexity index is 699. The number of ether oxygens (including phenoxy) is 1. The van der Waals surface area contributed by atoms with Crippen LogP contribution in [0.1, 0.15) is 34.1 Å². The third-order valence-corrected chi connectivity index (χ3v) is 5.73. The van der Waals surface area contributed by atoms with Gasteiger partial charge in [-0.15, -0.1) is 24.0 Å². The van der Waals surface area contributed by atoms with Crippen molar-refractivity contribution in [3.05, 3.63) is 30.1 Å². The highest BCUT2D eigenvalue weighted by molar-refractivity contribution is 14.0. The standard InChI is InChI=1S/C19H32FN3O3S.HI/c1-5-21-19(22-12-11-17(15(3)4)26-6-2)23-13-14-27(24,25)18-10-8-7-9-16(18)20;/h7-10,15,17H,5-6,11-14H2,1-4H3,(H2,21,22,23);1H. The van der Waals surface area contributed by atoms with E-state index in [0.29, 0.717) is 31.6 Å². The summed E-state index contributed by atoms with van der Waals surface area (Å²) in [6.45, 7) is 10.2. The first-order chi connectivity index (χ1) is 12.8. The minimum absolute atomic E-state index is 0. The lowest BCUT2D eigenvalue weighted by Crippen LogP contribution is -2.40. The van der Waals surface area contributed by atoms with Gasteiger partial charge < -0.3 is 15.4 Å². The summed E-state index contributed by atoms with van der Waals surface area (Å²) in [4.78, 5) is 4.20. The third-order valence-electron chi connectivity index (χ3n) is 3.99. The van der Waals surface area contributed by atoms with E-state index in [9.17, 15) is 12.8 Å². The Balaban J connectivity index is 0.00000729. The van der Waals surface area contributed by atoms with Crippen LogP contribution in [0, 0.1) is 11.7 Å². The van der Waals surface area contributed by atoms with Crippen molar-refractivity contribution >= 4 is 39.8 Å². The molecule has 0 saturated carbocycles. The van der Waals surface area contributed by atoms with Gasteiger partial charge in [-0.25, -0.2) is 12.8 Å². The molecule has 9 heteroatoms. The summed E-state index contributed by atoms with van der Waals surface area (Å²) in [7, 11) is -3.69. The van der Waals surface area contributed by atoms with Gasteiger partial charge in [0.05, 0.1) is 11.9 Å². The highest BCUT2D eigenvalue weighted by Gasteiger charge is 2.18. The average Bonchev–Trinajstić information content (AvgIpc) is 2.60. The molecule has 0 heterocycles. The number of hydrogen-bond acceptors (Lipinski definition) is 4. The number of sulfone groups is 1. The van der Waals surface area contributed by atoms with Crippen LogP contribution in [0.3, 0.4) is 0 Å². The fourth-order valence-corrected chi connectivity index (χ4v) is 3.82. The summed E-state index contributed by atoms with van der Waals surface area (Å²) in [6.07, 6.45) is 0.929. The second-order valence-electron chi connectivity index (χ2n) is 6.46. The molecule has 1 rings (SSSR count). The van der Waals surface area contributed by atoms with Crippen molar-refractivity contribution in [1.29, 1.82) is 0 Å². The molecule has 0 aromatic heterocycles. The zero-order valence-corrected chi connectivity index (χ0v) is 20.2. The minimum atomic E-state index is -3.69. The Morgan fingerprint density at radius 1 is 1.21 bits per heavy atom. The van der Waals surface area contributed by atoms with Crippen molar-refractivity contribution in [1.82, 2.24) is 10.6 Å². The van der Waals surface area contributed by atoms with E-state index < -0.39 is 15.7 Å². The van der Waals surface area contributed by atoms with Crippen LogP contribution in [0.4, 0.5) is 4.39 Å². The Labute approximate surface area is 185 Å². The van der Waals surface area contributed by atoms with Gasteiger partial charge in [-0.1, -0.05) is 26.0 Å². The normalized spacial score (nSPS) is 13.1. The first-order valence-corrected chi connectivity index (χ1v) is 11.1. The van der Waals surface area contributed by atoms with Crippen LogP contribution >= 0.6 is 24.0 Å². The zero-order chi connectivity index (χ0) is 20.3. The van der Waals surface area contributed by atoms with E-state index in [-0.39, 0.29) is 47.3 Å². The number of benzene rings is 1. The zero-order valence-electron chi connectivity index (χ0n) is 17.1. The van der Waals surface area contributed by atoms with Gasteiger partial charge in [0.15, 0.2) is 15.8 Å². The van der Waals surface area contributed by atoms with Gasteiger partial charge in [0.1, 0.15) is 10.7 Å². The van der Waals surface area contributed by atoms with Gasteiger partial charge in [0.25, 0.3) is 0 Å². The third kappa shape index (κ3) is 9.51. The Hall–Kier alpha value is -0.940. The highest BCUT2D eigenvalue weighted by Crippen LogP contribution is 2.14. The van der Waals surface area contributed by atoms with Crippen LogP contribution < -0.4 is 10.6 Å². The number of rotatable bonds is 11. The molecular formula is C19H33FIN3O3S. The van der Waals surface area contributed by atoms with E-state index in [4.69, 9.17) is 4.74 Å². The van der Waals surface area contributed by atoms with Gasteiger partial charge in [0, 0.05) is 26.2 Å². The summed E-state index contributed by atoms with van der Waals surface area (Å²) in [5.74, 6) is 0.00176. The van der Waals surface area contributed by atoms with Crippen molar-refractivity contribution < 1.29 is 17.5 Å². The van der Waals surface area contributed by atoms with Crippen molar-refractivity contribution in [2.24, 2.45) is 10.9 Å². The van der Waals surface area contributed by atoms with E-state index in [1.165, 1.54) is 18.2 Å². The van der Waals surface area contributed by atoms with Gasteiger partial charge in [-0.2, -0.15) is 0 Å². The van der Waals surface area contributed by atoms with Gasteiger partial charge in [-0.05, 0) is 38.3 Å². The van der Waals surface area contributed by atoms with Crippen LogP contribution in [0.2, 0.25) is 0 Å². The van der Waals surface area contributed by atoms with Gasteiger partial charge in [0.2, 0.25) is 0 Å². The van der Waals surface area contributed by atoms with E-state index in [1.54, 1.807) is 0 Å². The number of nitrogens with one attached hydrogen (secondary N) is 2. The van der Waals surface area contributed by atoms with Gasteiger partial charge >= 0.3 is 0 Å². The van der Waals surface area contributed by atoms with Gasteiger partial charge in [-0.3, -0.25) is 4.99 Å². The lowest BCUT2D eigenvalue weighted by molar-refractivity contribution is 0.0266. The summed E-state index contributed by atoms with van der Waals surface area (Å²) in [5.41, 5.74) is 0. The summed E-state index contributed by atoms with van der Waals surface area (Å²) < 4.78 is 44.0. The molecule has 2 N–H and O–H groups in total. The molecule has 6 nitrogen and oxygen atoms in total. The molecule has 162 valence electrons. The molecule has 0 amide bonds. The van der Waals surface area contributed by atoms with Crippen LogP contribution in [-0.4, -0.2) is 52.5 Å². The summed E-state index contributed by atoms with van der Waals surface area (Å²) in [5, 5.41) is 6.08. The number of guanidine groups is 1. The minimum Gasteiger partial charge on any atom is -0.378 e. The molecule has 28 heavy (non-hydrogen) atoms. The van der Waals surface area contributed by atoms with Crippen LogP contribution in [-0.2, 0) is 14.6 Å². The maximum atomic E-state index is 13.7. The summed E-state index contributed by atoms with van der Waals surface area (Å²) >= 11 is 0. The predicted molar refractivity (Wildman–Crippen MR) is 123 cm³/mol. The highest BCUT2D eigenvalue weighted by atomic mass is 127. The van der Waals surface area contributed by atoms with Crippen LogP contribution in [0.5, 0.6) is 0 Å². The Morgan fingerprint density at radius 2 is 1.89 bits per heavy atom. The molecular weight excluding hydrogens is 496 g/mol. The van der Waals surface area contributed by atoms with Crippen molar-refractivity contribution in [3.63, 3.8) is 0 Å². The molecule has 0 bridgehead atoms. The van der Waals surface area contributed by atoms with E-state index in [0.717, 1.165) is 12.5 Å². The van der Waals surface area contributed by atoms with E-state index >= 15 is 0 Å². The first-order valence-electron chi connectivity index (χ1n) is 9.42. The lowest BCUT2D eigenvalue weighted by atomic mass is 10.0. The largest absolute Gasteiger partial charge is 0.378 e. The van der Waals surface area contributed by atoms with Crippen LogP contribution in [0.15, 0.2) is 34.2 Å². The fourth-order valence-electron chi connectivity index (χ4n) is 2.58. The molecule has 1 atom stereocenters. The molecule has 0 spiro atoms. The Kier molecular flexibility index (Phi) is 13.6. The Morgan fingerprint density at radius 3 is 2.46 bits per heavy atom. The maximum Gasteiger partial charge on any atom is 0.191 e. The molecule has 0 aliphatic carbocycles. The molecule has 0 saturated heterocycles. The summed E-state index contributed by atoms with van der Waals surface area (Å²) in [6, 6.07) is 5.41. The van der Waals surface area contributed by atoms with Crippen molar-refractivity contribution in [3.8, 4) is 0 Å². The number of hydrogen-bond donors (Lipinski definition) is 2. The van der Waals surface area contributed by atoms with Crippen LogP contribution in [0.25, 0.3) is 0 Å². The second kappa shape index (κ2) is 14.1. The molecule has 1 aromatic rings. The molecule has 1 unspecified atom stereocenters. The molecule has 0 aliphatic rings. The number of nitrogens with zero attached hydrogens (tertiary/aromatic N) is 1. The first kappa shape index (κ1) is 27.1. The van der Waals surface area contributed by atoms with E-state index in [1.807, 2.05) is 13.8 Å². The average molecular weight is 529 g/mol. The quantitative estimate of drug-likeness (QED) is 0.262. The van der Waals surface area contributed by atoms with E-state index in [2.05, 4.69) is 29.5 Å². The maximum absolute atomic E-state index is 13.7. The second-order valence-corrected chi connectivity index (χ2v) is 8.54. The smallest absolute Gasteiger partial charge is 0.191 e. The monoisotopic (exact) mass is 529 g/mol.